The van der Waals surface area contributed by atoms with E-state index in [2.05, 4.69) is 85.8 Å². The van der Waals surface area contributed by atoms with Crippen molar-refractivity contribution in [1.82, 2.24) is 40.3 Å². The Balaban J connectivity index is 0.659. The van der Waals surface area contributed by atoms with Crippen molar-refractivity contribution in [1.29, 1.82) is 0 Å². The number of carbonyl (C=O) groups excluding carboxylic acids is 2. The van der Waals surface area contributed by atoms with Gasteiger partial charge in [0.15, 0.2) is 15.7 Å². The molecule has 2 saturated heterocycles. The first-order valence-electron chi connectivity index (χ1n) is 32.9. The predicted molar refractivity (Wildman–Crippen MR) is 365 cm³/mol. The summed E-state index contributed by atoms with van der Waals surface area (Å²) >= 11 is 6.53. The van der Waals surface area contributed by atoms with Crippen LogP contribution in [0, 0.1) is 12.7 Å². The highest BCUT2D eigenvalue weighted by molar-refractivity contribution is 7.92. The number of anilines is 5. The van der Waals surface area contributed by atoms with Gasteiger partial charge in [-0.3, -0.25) is 29.3 Å². The van der Waals surface area contributed by atoms with E-state index in [0.29, 0.717) is 135 Å². The summed E-state index contributed by atoms with van der Waals surface area (Å²) in [7, 11) is 0.146. The minimum absolute atomic E-state index is 0.0409. The molecule has 3 aliphatic rings. The van der Waals surface area contributed by atoms with Crippen molar-refractivity contribution in [2.75, 3.05) is 161 Å². The second kappa shape index (κ2) is 35.8. The Bertz CT molecular complexity index is 3360. The summed E-state index contributed by atoms with van der Waals surface area (Å²) in [6, 6.07) is 19.9. The number of piperazine rings is 1. The monoisotopic (exact) mass is 1340 g/mol. The van der Waals surface area contributed by atoms with Crippen LogP contribution >= 0.6 is 11.6 Å². The maximum absolute atomic E-state index is 14.2. The molecule has 3 aliphatic heterocycles. The third-order valence-electron chi connectivity index (χ3n) is 17.0. The number of likely N-dealkylation sites (tertiary alicyclic amines) is 1. The van der Waals surface area contributed by atoms with Gasteiger partial charge >= 0.3 is 0 Å². The first kappa shape index (κ1) is 73.8. The SMILES string of the molecule is COC[C@H]1CN[C@H](C)CN1CC(=O)N1CC(C)(C)c2nc(CN(C)CCOCCOCCOCCOCCOCCNC(=O)CN3CCC(c4cc(OC(C)C)c(Nc5ncc(Cl)c(Nc6ccccc6S(=O)(=O)C(C)C)n5)cc4C)CC3)c(Cc3ccc(F)cc3)cc21. The van der Waals surface area contributed by atoms with E-state index in [0.717, 1.165) is 72.8 Å². The lowest BCUT2D eigenvalue weighted by Crippen LogP contribution is -2.59. The third-order valence-corrected chi connectivity index (χ3v) is 19.5. The topological polar surface area (TPSA) is 233 Å². The Labute approximate surface area is 560 Å². The molecule has 0 saturated carbocycles. The van der Waals surface area contributed by atoms with Gasteiger partial charge in [-0.2, -0.15) is 4.98 Å². The predicted octanol–water partition coefficient (Wildman–Crippen LogP) is 8.46. The Morgan fingerprint density at radius 3 is 2.17 bits per heavy atom. The van der Waals surface area contributed by atoms with E-state index in [1.165, 1.54) is 23.9 Å². The van der Waals surface area contributed by atoms with E-state index in [1.54, 1.807) is 57.4 Å². The van der Waals surface area contributed by atoms with Crippen LogP contribution in [-0.4, -0.2) is 219 Å². The smallest absolute Gasteiger partial charge is 0.241 e. The lowest BCUT2D eigenvalue weighted by molar-refractivity contribution is -0.123. The lowest BCUT2D eigenvalue weighted by atomic mass is 9.86. The molecule has 2 aromatic heterocycles. The molecule has 2 fully saturated rings. The molecule has 3 aromatic carbocycles. The van der Waals surface area contributed by atoms with Gasteiger partial charge in [0, 0.05) is 63.9 Å². The number of likely N-dealkylation sites (N-methyl/N-ethyl adjacent to an activating group) is 1. The maximum Gasteiger partial charge on any atom is 0.241 e. The molecule has 2 atom stereocenters. The normalized spacial score (nSPS) is 17.1. The summed E-state index contributed by atoms with van der Waals surface area (Å²) < 4.78 is 80.8. The fraction of sp³-hybridized carbons (Fsp3) is 0.580. The van der Waals surface area contributed by atoms with E-state index < -0.39 is 15.1 Å². The number of carbonyl (C=O) groups is 2. The molecular formula is C69H99ClFN11O11S. The fourth-order valence-corrected chi connectivity index (χ4v) is 13.2. The van der Waals surface area contributed by atoms with Gasteiger partial charge in [-0.25, -0.2) is 17.8 Å². The van der Waals surface area contributed by atoms with Gasteiger partial charge in [0.05, 0.1) is 137 Å². The number of benzene rings is 3. The lowest BCUT2D eigenvalue weighted by Gasteiger charge is -2.39. The quantitative estimate of drug-likeness (QED) is 0.0273. The van der Waals surface area contributed by atoms with E-state index >= 15 is 0 Å². The zero-order valence-electron chi connectivity index (χ0n) is 56.6. The van der Waals surface area contributed by atoms with Gasteiger partial charge in [-0.1, -0.05) is 49.7 Å². The summed E-state index contributed by atoms with van der Waals surface area (Å²) in [4.78, 5) is 50.1. The first-order chi connectivity index (χ1) is 45.1. The number of nitrogens with one attached hydrogen (secondary N) is 4. The van der Waals surface area contributed by atoms with Crippen LogP contribution < -0.4 is 30.9 Å². The number of hydrogen-bond donors (Lipinski definition) is 4. The number of amides is 2. The summed E-state index contributed by atoms with van der Waals surface area (Å²) in [6.45, 7) is 26.4. The molecule has 8 rings (SSSR count). The van der Waals surface area contributed by atoms with Crippen molar-refractivity contribution in [3.63, 3.8) is 0 Å². The van der Waals surface area contributed by atoms with Crippen LogP contribution in [0.1, 0.15) is 101 Å². The van der Waals surface area contributed by atoms with Gasteiger partial charge < -0.3 is 59.3 Å². The van der Waals surface area contributed by atoms with Crippen LogP contribution in [0.5, 0.6) is 5.75 Å². The van der Waals surface area contributed by atoms with Gasteiger partial charge in [0.25, 0.3) is 0 Å². The van der Waals surface area contributed by atoms with Crippen molar-refractivity contribution in [3.8, 4) is 5.75 Å². The number of ether oxygens (including phenoxy) is 7. The van der Waals surface area contributed by atoms with Crippen molar-refractivity contribution in [2.45, 2.75) is 121 Å². The van der Waals surface area contributed by atoms with Gasteiger partial charge in [-0.05, 0) is 152 Å². The molecule has 0 bridgehead atoms. The largest absolute Gasteiger partial charge is 0.489 e. The molecule has 0 aliphatic carbocycles. The van der Waals surface area contributed by atoms with Crippen LogP contribution in [0.15, 0.2) is 77.8 Å². The molecule has 25 heteroatoms. The molecule has 516 valence electrons. The fourth-order valence-electron chi connectivity index (χ4n) is 11.9. The molecule has 0 radical (unpaired) electrons. The van der Waals surface area contributed by atoms with Crippen LogP contribution in [0.25, 0.3) is 0 Å². The number of aromatic nitrogens is 3. The summed E-state index contributed by atoms with van der Waals surface area (Å²) in [6.07, 6.45) is 3.66. The van der Waals surface area contributed by atoms with E-state index in [1.807, 2.05) is 31.9 Å². The molecular weight excluding hydrogens is 1250 g/mol. The minimum atomic E-state index is -3.59. The molecule has 0 spiro atoms. The van der Waals surface area contributed by atoms with Gasteiger partial charge in [0.2, 0.25) is 17.8 Å². The molecule has 5 heterocycles. The van der Waals surface area contributed by atoms with Crippen LogP contribution in [0.2, 0.25) is 5.02 Å². The van der Waals surface area contributed by atoms with E-state index in [9.17, 15) is 22.4 Å². The van der Waals surface area contributed by atoms with Gasteiger partial charge in [-0.15, -0.1) is 0 Å². The number of para-hydroxylation sites is 1. The second-order valence-electron chi connectivity index (χ2n) is 25.8. The Kier molecular flexibility index (Phi) is 28.1. The number of piperidine rings is 1. The highest BCUT2D eigenvalue weighted by Crippen LogP contribution is 2.42. The van der Waals surface area contributed by atoms with E-state index in [-0.39, 0.29) is 68.8 Å². The van der Waals surface area contributed by atoms with Gasteiger partial charge in [0.1, 0.15) is 16.6 Å². The number of nitrogens with zero attached hydrogens (tertiary/aromatic N) is 7. The summed E-state index contributed by atoms with van der Waals surface area (Å²) in [5.41, 5.74) is 7.59. The molecule has 0 unspecified atom stereocenters. The molecule has 94 heavy (non-hydrogen) atoms. The number of aryl methyl sites for hydroxylation is 1. The van der Waals surface area contributed by atoms with E-state index in [4.69, 9.17) is 49.7 Å². The molecule has 22 nitrogen and oxygen atoms in total. The zero-order chi connectivity index (χ0) is 67.4. The molecule has 5 aromatic rings. The average molecular weight is 1350 g/mol. The number of rotatable bonds is 37. The Hall–Kier alpha value is -6.00. The van der Waals surface area contributed by atoms with Crippen molar-refractivity contribution >= 4 is 62.1 Å². The van der Waals surface area contributed by atoms with Crippen LogP contribution in [0.4, 0.5) is 33.2 Å². The maximum atomic E-state index is 14.2. The van der Waals surface area contributed by atoms with Crippen molar-refractivity contribution in [2.24, 2.45) is 0 Å². The third kappa shape index (κ3) is 21.5. The Morgan fingerprint density at radius 2 is 1.51 bits per heavy atom. The number of pyridine rings is 1. The number of methoxy groups -OCH3 is 1. The Morgan fingerprint density at radius 1 is 0.851 bits per heavy atom. The second-order valence-corrected chi connectivity index (χ2v) is 28.7. The van der Waals surface area contributed by atoms with Crippen molar-refractivity contribution in [3.05, 3.63) is 117 Å². The number of fused-ring (bicyclic) bond motifs is 1. The zero-order valence-corrected chi connectivity index (χ0v) is 58.1. The molecule has 4 N–H and O–H groups in total. The number of halogens is 2. The van der Waals surface area contributed by atoms with Crippen LogP contribution in [0.3, 0.4) is 0 Å². The number of sulfone groups is 1. The number of hydrogen-bond acceptors (Lipinski definition) is 20. The molecule has 2 amide bonds. The summed E-state index contributed by atoms with van der Waals surface area (Å²) in [5, 5.41) is 12.5. The average Bonchev–Trinajstić information content (AvgIpc) is 1.58. The first-order valence-corrected chi connectivity index (χ1v) is 34.8. The summed E-state index contributed by atoms with van der Waals surface area (Å²) in [5.74, 6) is 1.14. The highest BCUT2D eigenvalue weighted by atomic mass is 35.5. The van der Waals surface area contributed by atoms with Crippen LogP contribution in [-0.2, 0) is 66.2 Å². The highest BCUT2D eigenvalue weighted by Gasteiger charge is 2.42. The minimum Gasteiger partial charge on any atom is -0.489 e. The van der Waals surface area contributed by atoms with Crippen molar-refractivity contribution < 1.29 is 55.6 Å². The standard InChI is InChI=1S/C69H99ClFN11O11S/c1-47(2)93-62-38-56(49(5)35-59(62)77-68-74-40-57(70)67(78-68)76-58-13-11-12-14-63(58)94(85,86)48(3)4)52-19-22-80(23-20-52)43-64(83)72-21-25-88-27-29-90-31-33-92-34-32-91-30-28-89-26-24-79(9)42-60-53(36-51-15-17-54(71)18-16-51)37-61-66(75-60)69(7,8)46-82(61)65(84)44-81-41-50(6)73-39-55(81)45-87-10/h11-18,35,37-38,40,47-48,50,52,55,73H,19-34,36,39,41-46H2,1-10H3,(H,72,83)(H2,74,76,77,78)/t50-,55-/m1/s1.